The topological polar surface area (TPSA) is 82.2 Å². The Morgan fingerprint density at radius 2 is 1.95 bits per heavy atom. The Hall–Kier alpha value is -1.78. The number of carbonyl (C=O) groups is 2. The lowest BCUT2D eigenvalue weighted by molar-refractivity contribution is -0.149. The van der Waals surface area contributed by atoms with E-state index in [1.807, 2.05) is 0 Å². The van der Waals surface area contributed by atoms with Crippen molar-refractivity contribution >= 4 is 11.9 Å². The highest BCUT2D eigenvalue weighted by atomic mass is 16.4. The van der Waals surface area contributed by atoms with Gasteiger partial charge in [0.05, 0.1) is 5.41 Å². The molecule has 5 nitrogen and oxygen atoms in total. The smallest absolute Gasteiger partial charge is 0.311 e. The van der Waals surface area contributed by atoms with Crippen molar-refractivity contribution in [2.45, 2.75) is 38.5 Å². The molecule has 1 aromatic rings. The van der Waals surface area contributed by atoms with Gasteiger partial charge in [0.15, 0.2) is 0 Å². The van der Waals surface area contributed by atoms with E-state index in [0.717, 1.165) is 25.7 Å². The van der Waals surface area contributed by atoms with Crippen LogP contribution in [0.5, 0.6) is 0 Å². The van der Waals surface area contributed by atoms with Crippen LogP contribution in [0.4, 0.5) is 0 Å². The Morgan fingerprint density at radius 3 is 2.47 bits per heavy atom. The van der Waals surface area contributed by atoms with E-state index in [9.17, 15) is 14.7 Å². The Labute approximate surface area is 112 Å². The number of rotatable bonds is 4. The number of aromatic nitrogens is 1. The molecule has 0 radical (unpaired) electrons. The van der Waals surface area contributed by atoms with Crippen LogP contribution in [0.1, 0.15) is 49.0 Å². The van der Waals surface area contributed by atoms with Gasteiger partial charge in [-0.1, -0.05) is 25.7 Å². The van der Waals surface area contributed by atoms with Crippen molar-refractivity contribution in [1.29, 1.82) is 0 Å². The van der Waals surface area contributed by atoms with Gasteiger partial charge < -0.3 is 15.4 Å². The van der Waals surface area contributed by atoms with Crippen molar-refractivity contribution in [3.8, 4) is 0 Å². The second-order valence-corrected chi connectivity index (χ2v) is 5.27. The fourth-order valence-corrected chi connectivity index (χ4v) is 2.69. The predicted molar refractivity (Wildman–Crippen MR) is 70.9 cm³/mol. The summed E-state index contributed by atoms with van der Waals surface area (Å²) in [6.07, 6.45) is 6.97. The maximum atomic E-state index is 11.9. The highest BCUT2D eigenvalue weighted by Crippen LogP contribution is 2.34. The predicted octanol–water partition coefficient (Wildman–Crippen LogP) is 2.17. The summed E-state index contributed by atoms with van der Waals surface area (Å²) in [4.78, 5) is 26.3. The summed E-state index contributed by atoms with van der Waals surface area (Å²) in [6.45, 7) is 0.209. The first-order valence-electron chi connectivity index (χ1n) is 6.79. The number of H-pyrrole nitrogens is 1. The van der Waals surface area contributed by atoms with E-state index in [1.54, 1.807) is 18.3 Å². The van der Waals surface area contributed by atoms with E-state index in [-0.39, 0.29) is 12.5 Å². The molecule has 1 fully saturated rings. The van der Waals surface area contributed by atoms with Crippen LogP contribution in [0, 0.1) is 5.41 Å². The lowest BCUT2D eigenvalue weighted by Gasteiger charge is -2.28. The van der Waals surface area contributed by atoms with Crippen molar-refractivity contribution in [3.63, 3.8) is 0 Å². The normalized spacial score (nSPS) is 18.5. The lowest BCUT2D eigenvalue weighted by Crippen LogP contribution is -2.43. The van der Waals surface area contributed by atoms with E-state index in [0.29, 0.717) is 18.5 Å². The quantitative estimate of drug-likeness (QED) is 0.729. The van der Waals surface area contributed by atoms with Gasteiger partial charge >= 0.3 is 5.97 Å². The average molecular weight is 264 g/mol. The first-order valence-corrected chi connectivity index (χ1v) is 6.79. The molecule has 1 heterocycles. The zero-order chi connectivity index (χ0) is 13.7. The maximum absolute atomic E-state index is 11.9. The molecule has 0 bridgehead atoms. The summed E-state index contributed by atoms with van der Waals surface area (Å²) < 4.78 is 0. The van der Waals surface area contributed by atoms with Crippen molar-refractivity contribution in [2.75, 3.05) is 6.54 Å². The molecule has 0 saturated heterocycles. The van der Waals surface area contributed by atoms with Crippen LogP contribution in [0.25, 0.3) is 0 Å². The van der Waals surface area contributed by atoms with E-state index in [1.165, 1.54) is 0 Å². The number of aliphatic carboxylic acids is 1. The highest BCUT2D eigenvalue weighted by Gasteiger charge is 2.38. The highest BCUT2D eigenvalue weighted by molar-refractivity contribution is 5.92. The van der Waals surface area contributed by atoms with Crippen molar-refractivity contribution in [1.82, 2.24) is 10.3 Å². The molecule has 0 atom stereocenters. The molecule has 0 aliphatic heterocycles. The van der Waals surface area contributed by atoms with Gasteiger partial charge in [-0.15, -0.1) is 0 Å². The maximum Gasteiger partial charge on any atom is 0.311 e. The van der Waals surface area contributed by atoms with Gasteiger partial charge in [-0.05, 0) is 25.0 Å². The molecule has 0 unspecified atom stereocenters. The lowest BCUT2D eigenvalue weighted by atomic mass is 9.80. The number of aromatic amines is 1. The molecule has 19 heavy (non-hydrogen) atoms. The molecule has 1 saturated carbocycles. The number of carboxylic acids is 1. The molecule has 3 N–H and O–H groups in total. The fraction of sp³-hybridized carbons (Fsp3) is 0.571. The minimum absolute atomic E-state index is 0.209. The van der Waals surface area contributed by atoms with Crippen LogP contribution in [0.15, 0.2) is 18.3 Å². The Balaban J connectivity index is 2.00. The Bertz CT molecular complexity index is 432. The summed E-state index contributed by atoms with van der Waals surface area (Å²) in [5.74, 6) is -1.03. The van der Waals surface area contributed by atoms with Gasteiger partial charge in [0.2, 0.25) is 0 Å². The van der Waals surface area contributed by atoms with Crippen LogP contribution in [0.3, 0.4) is 0 Å². The molecule has 1 amide bonds. The molecule has 1 aliphatic carbocycles. The van der Waals surface area contributed by atoms with Crippen LogP contribution >= 0.6 is 0 Å². The number of carbonyl (C=O) groups excluding carboxylic acids is 1. The summed E-state index contributed by atoms with van der Waals surface area (Å²) in [5, 5.41) is 12.3. The van der Waals surface area contributed by atoms with Gasteiger partial charge in [0.1, 0.15) is 5.69 Å². The first kappa shape index (κ1) is 13.6. The van der Waals surface area contributed by atoms with E-state index >= 15 is 0 Å². The minimum Gasteiger partial charge on any atom is -0.481 e. The second kappa shape index (κ2) is 5.91. The Morgan fingerprint density at radius 1 is 1.26 bits per heavy atom. The summed E-state index contributed by atoms with van der Waals surface area (Å²) in [7, 11) is 0. The van der Waals surface area contributed by atoms with E-state index < -0.39 is 11.4 Å². The number of hydrogen-bond donors (Lipinski definition) is 3. The molecular formula is C14H20N2O3. The largest absolute Gasteiger partial charge is 0.481 e. The van der Waals surface area contributed by atoms with Gasteiger partial charge in [0.25, 0.3) is 5.91 Å². The number of amides is 1. The second-order valence-electron chi connectivity index (χ2n) is 5.27. The molecule has 2 rings (SSSR count). The molecule has 1 aromatic heterocycles. The van der Waals surface area contributed by atoms with Crippen molar-refractivity contribution < 1.29 is 14.7 Å². The number of nitrogens with one attached hydrogen (secondary N) is 2. The average Bonchev–Trinajstić information content (AvgIpc) is 2.82. The van der Waals surface area contributed by atoms with Crippen molar-refractivity contribution in [2.24, 2.45) is 5.41 Å². The minimum atomic E-state index is -0.793. The van der Waals surface area contributed by atoms with Crippen LogP contribution in [-0.4, -0.2) is 28.5 Å². The zero-order valence-electron chi connectivity index (χ0n) is 10.9. The van der Waals surface area contributed by atoms with Gasteiger partial charge in [-0.25, -0.2) is 0 Å². The van der Waals surface area contributed by atoms with Gasteiger partial charge in [-0.2, -0.15) is 0 Å². The molecule has 1 aliphatic rings. The van der Waals surface area contributed by atoms with Gasteiger partial charge in [0, 0.05) is 12.7 Å². The van der Waals surface area contributed by atoms with E-state index in [4.69, 9.17) is 0 Å². The van der Waals surface area contributed by atoms with Crippen molar-refractivity contribution in [3.05, 3.63) is 24.0 Å². The third-order valence-electron chi connectivity index (χ3n) is 3.94. The number of carboxylic acid groups (broad SMARTS) is 1. The molecule has 0 aromatic carbocycles. The summed E-state index contributed by atoms with van der Waals surface area (Å²) in [6, 6.07) is 3.42. The molecule has 0 spiro atoms. The summed E-state index contributed by atoms with van der Waals surface area (Å²) >= 11 is 0. The molecule has 104 valence electrons. The third-order valence-corrected chi connectivity index (χ3v) is 3.94. The third kappa shape index (κ3) is 3.16. The van der Waals surface area contributed by atoms with Crippen LogP contribution in [-0.2, 0) is 4.79 Å². The fourth-order valence-electron chi connectivity index (χ4n) is 2.69. The van der Waals surface area contributed by atoms with Crippen LogP contribution < -0.4 is 5.32 Å². The first-order chi connectivity index (χ1) is 9.14. The SMILES string of the molecule is O=C(NCC1(C(=O)O)CCCCCC1)c1ccc[nH]1. The number of hydrogen-bond acceptors (Lipinski definition) is 2. The van der Waals surface area contributed by atoms with Gasteiger partial charge in [-0.3, -0.25) is 9.59 Å². The summed E-state index contributed by atoms with van der Waals surface area (Å²) in [5.41, 5.74) is -0.326. The van der Waals surface area contributed by atoms with E-state index in [2.05, 4.69) is 10.3 Å². The monoisotopic (exact) mass is 264 g/mol. The standard InChI is InChI=1S/C14H20N2O3/c17-12(11-6-5-9-15-11)16-10-14(13(18)19)7-3-1-2-4-8-14/h5-6,9,15H,1-4,7-8,10H2,(H,16,17)(H,18,19). The molecule has 5 heteroatoms. The van der Waals surface area contributed by atoms with Crippen LogP contribution in [0.2, 0.25) is 0 Å². The zero-order valence-corrected chi connectivity index (χ0v) is 10.9. The Kier molecular flexibility index (Phi) is 4.24. The molecular weight excluding hydrogens is 244 g/mol.